The number of ether oxygens (including phenoxy) is 2. The highest BCUT2D eigenvalue weighted by Crippen LogP contribution is 2.37. The van der Waals surface area contributed by atoms with Gasteiger partial charge in [0.25, 0.3) is 5.91 Å². The number of methoxy groups -OCH3 is 1. The van der Waals surface area contributed by atoms with Crippen molar-refractivity contribution in [1.82, 2.24) is 9.88 Å². The average molecular weight is 405 g/mol. The second-order valence-corrected chi connectivity index (χ2v) is 7.50. The second kappa shape index (κ2) is 8.15. The molecule has 5 nitrogen and oxygen atoms in total. The van der Waals surface area contributed by atoms with Gasteiger partial charge in [-0.25, -0.2) is 4.98 Å². The molecule has 1 atom stereocenters. The zero-order valence-corrected chi connectivity index (χ0v) is 17.2. The van der Waals surface area contributed by atoms with E-state index in [0.717, 1.165) is 15.2 Å². The van der Waals surface area contributed by atoms with Crippen LogP contribution in [0.2, 0.25) is 5.02 Å². The van der Waals surface area contributed by atoms with Gasteiger partial charge in [0.15, 0.2) is 11.5 Å². The summed E-state index contributed by atoms with van der Waals surface area (Å²) in [6.45, 7) is 4.28. The predicted molar refractivity (Wildman–Crippen MR) is 109 cm³/mol. The number of rotatable bonds is 6. The number of thiazole rings is 1. The minimum absolute atomic E-state index is 0.162. The van der Waals surface area contributed by atoms with Crippen LogP contribution in [0.15, 0.2) is 36.4 Å². The van der Waals surface area contributed by atoms with Crippen LogP contribution in [-0.2, 0) is 0 Å². The van der Waals surface area contributed by atoms with Crippen molar-refractivity contribution in [2.75, 3.05) is 20.8 Å². The van der Waals surface area contributed by atoms with Crippen LogP contribution >= 0.6 is 22.9 Å². The summed E-state index contributed by atoms with van der Waals surface area (Å²) in [7, 11) is 3.28. The van der Waals surface area contributed by atoms with Gasteiger partial charge in [-0.05, 0) is 38.1 Å². The van der Waals surface area contributed by atoms with Crippen LogP contribution in [-0.4, -0.2) is 36.6 Å². The fourth-order valence-electron chi connectivity index (χ4n) is 2.74. The number of benzene rings is 2. The van der Waals surface area contributed by atoms with Crippen molar-refractivity contribution in [3.63, 3.8) is 0 Å². The summed E-state index contributed by atoms with van der Waals surface area (Å²) in [5.74, 6) is 0.721. The number of fused-ring (bicyclic) bond motifs is 1. The Morgan fingerprint density at radius 2 is 2.07 bits per heavy atom. The molecule has 27 heavy (non-hydrogen) atoms. The quantitative estimate of drug-likeness (QED) is 0.567. The highest BCUT2D eigenvalue weighted by molar-refractivity contribution is 7.18. The molecule has 0 radical (unpaired) electrons. The van der Waals surface area contributed by atoms with E-state index in [2.05, 4.69) is 4.98 Å². The van der Waals surface area contributed by atoms with Crippen molar-refractivity contribution in [2.45, 2.75) is 19.9 Å². The molecule has 7 heteroatoms. The number of amides is 1. The van der Waals surface area contributed by atoms with Gasteiger partial charge < -0.3 is 14.4 Å². The molecule has 0 aliphatic rings. The van der Waals surface area contributed by atoms with Crippen LogP contribution < -0.4 is 9.47 Å². The number of nitrogens with zero attached hydrogens (tertiary/aromatic N) is 2. The van der Waals surface area contributed by atoms with Crippen LogP contribution in [0.4, 0.5) is 0 Å². The van der Waals surface area contributed by atoms with Gasteiger partial charge >= 0.3 is 0 Å². The third-order valence-corrected chi connectivity index (χ3v) is 5.82. The van der Waals surface area contributed by atoms with E-state index in [4.69, 9.17) is 21.1 Å². The van der Waals surface area contributed by atoms with Crippen molar-refractivity contribution in [2.24, 2.45) is 0 Å². The van der Waals surface area contributed by atoms with E-state index in [1.54, 1.807) is 35.4 Å². The van der Waals surface area contributed by atoms with Gasteiger partial charge in [0.2, 0.25) is 0 Å². The Balaban J connectivity index is 1.89. The Labute approximate surface area is 167 Å². The van der Waals surface area contributed by atoms with Crippen molar-refractivity contribution in [3.8, 4) is 11.5 Å². The molecule has 1 heterocycles. The Morgan fingerprint density at radius 1 is 1.33 bits per heavy atom. The molecule has 1 aromatic heterocycles. The molecule has 142 valence electrons. The maximum absolute atomic E-state index is 13.0. The number of hydrogen-bond acceptors (Lipinski definition) is 5. The lowest BCUT2D eigenvalue weighted by molar-refractivity contribution is 0.0742. The summed E-state index contributed by atoms with van der Waals surface area (Å²) in [6, 6.07) is 11.0. The lowest BCUT2D eigenvalue weighted by Crippen LogP contribution is -2.29. The largest absolute Gasteiger partial charge is 0.493 e. The first-order valence-corrected chi connectivity index (χ1v) is 9.78. The molecule has 1 amide bonds. The molecular formula is C20H21ClN2O3S. The molecule has 0 unspecified atom stereocenters. The highest BCUT2D eigenvalue weighted by Gasteiger charge is 2.24. The van der Waals surface area contributed by atoms with E-state index in [1.807, 2.05) is 38.1 Å². The first-order valence-electron chi connectivity index (χ1n) is 8.59. The van der Waals surface area contributed by atoms with E-state index in [0.29, 0.717) is 28.7 Å². The van der Waals surface area contributed by atoms with Gasteiger partial charge in [0.1, 0.15) is 5.01 Å². The van der Waals surface area contributed by atoms with Gasteiger partial charge in [-0.15, -0.1) is 11.3 Å². The number of carbonyl (C=O) groups excluding carboxylic acids is 1. The Hall–Kier alpha value is -2.31. The Morgan fingerprint density at radius 3 is 2.74 bits per heavy atom. The first-order chi connectivity index (χ1) is 13.0. The van der Waals surface area contributed by atoms with Crippen LogP contribution in [0.5, 0.6) is 11.5 Å². The molecule has 0 N–H and O–H groups in total. The average Bonchev–Trinajstić information content (AvgIpc) is 3.11. The Kier molecular flexibility index (Phi) is 5.87. The summed E-state index contributed by atoms with van der Waals surface area (Å²) in [6.07, 6.45) is 0. The van der Waals surface area contributed by atoms with Crippen LogP contribution in [0.3, 0.4) is 0 Å². The molecule has 2 aromatic carbocycles. The zero-order chi connectivity index (χ0) is 19.6. The SMILES string of the molecule is CCOc1c(Cl)cc(C(=O)N(C)[C@@H](C)c2nc3ccccc3s2)cc1OC. The summed E-state index contributed by atoms with van der Waals surface area (Å²) < 4.78 is 12.0. The number of para-hydroxylation sites is 1. The van der Waals surface area contributed by atoms with E-state index >= 15 is 0 Å². The number of aromatic nitrogens is 1. The maximum atomic E-state index is 13.0. The fourth-order valence-corrected chi connectivity index (χ4v) is 4.07. The van der Waals surface area contributed by atoms with E-state index in [1.165, 1.54) is 7.11 Å². The Bertz CT molecular complexity index is 940. The lowest BCUT2D eigenvalue weighted by atomic mass is 10.1. The third-order valence-electron chi connectivity index (χ3n) is 4.33. The molecule has 0 aliphatic carbocycles. The van der Waals surface area contributed by atoms with E-state index in [9.17, 15) is 4.79 Å². The molecule has 0 aliphatic heterocycles. The van der Waals surface area contributed by atoms with E-state index < -0.39 is 0 Å². The number of halogens is 1. The molecule has 3 aromatic rings. The lowest BCUT2D eigenvalue weighted by Gasteiger charge is -2.24. The second-order valence-electron chi connectivity index (χ2n) is 6.03. The van der Waals surface area contributed by atoms with Gasteiger partial charge in [0.05, 0.1) is 35.0 Å². The molecule has 0 spiro atoms. The summed E-state index contributed by atoms with van der Waals surface area (Å²) in [5.41, 5.74) is 1.38. The fraction of sp³-hybridized carbons (Fsp3) is 0.300. The summed E-state index contributed by atoms with van der Waals surface area (Å²) in [5, 5.41) is 1.23. The number of carbonyl (C=O) groups is 1. The summed E-state index contributed by atoms with van der Waals surface area (Å²) >= 11 is 7.90. The zero-order valence-electron chi connectivity index (χ0n) is 15.7. The summed E-state index contributed by atoms with van der Waals surface area (Å²) in [4.78, 5) is 19.3. The third kappa shape index (κ3) is 3.87. The molecule has 0 fully saturated rings. The normalized spacial score (nSPS) is 12.0. The van der Waals surface area contributed by atoms with Crippen molar-refractivity contribution in [3.05, 3.63) is 52.0 Å². The topological polar surface area (TPSA) is 51.7 Å². The van der Waals surface area contributed by atoms with E-state index in [-0.39, 0.29) is 11.9 Å². The molecule has 0 saturated heterocycles. The van der Waals surface area contributed by atoms with Crippen LogP contribution in [0, 0.1) is 0 Å². The van der Waals surface area contributed by atoms with Gasteiger partial charge in [0, 0.05) is 12.6 Å². The standard InChI is InChI=1S/C20H21ClN2O3S/c1-5-26-18-14(21)10-13(11-16(18)25-4)20(24)23(3)12(2)19-22-15-8-6-7-9-17(15)27-19/h6-12H,5H2,1-4H3/t12-/m0/s1. The van der Waals surface area contributed by atoms with Crippen molar-refractivity contribution >= 4 is 39.1 Å². The molecule has 0 saturated carbocycles. The molecular weight excluding hydrogens is 384 g/mol. The number of hydrogen-bond donors (Lipinski definition) is 0. The van der Waals surface area contributed by atoms with Crippen molar-refractivity contribution in [1.29, 1.82) is 0 Å². The van der Waals surface area contributed by atoms with Crippen LogP contribution in [0.25, 0.3) is 10.2 Å². The van der Waals surface area contributed by atoms with Gasteiger partial charge in [-0.2, -0.15) is 0 Å². The maximum Gasteiger partial charge on any atom is 0.254 e. The predicted octanol–water partition coefficient (Wildman–Crippen LogP) is 5.19. The monoisotopic (exact) mass is 404 g/mol. The van der Waals surface area contributed by atoms with Crippen LogP contribution in [0.1, 0.15) is 35.3 Å². The smallest absolute Gasteiger partial charge is 0.254 e. The van der Waals surface area contributed by atoms with Gasteiger partial charge in [-0.3, -0.25) is 4.79 Å². The molecule has 3 rings (SSSR count). The molecule has 0 bridgehead atoms. The van der Waals surface area contributed by atoms with Gasteiger partial charge in [-0.1, -0.05) is 23.7 Å². The first kappa shape index (κ1) is 19.5. The minimum atomic E-state index is -0.175. The van der Waals surface area contributed by atoms with Crippen molar-refractivity contribution < 1.29 is 14.3 Å². The highest BCUT2D eigenvalue weighted by atomic mass is 35.5. The minimum Gasteiger partial charge on any atom is -0.493 e.